The van der Waals surface area contributed by atoms with Gasteiger partial charge in [-0.1, -0.05) is 66.2 Å². The van der Waals surface area contributed by atoms with E-state index in [9.17, 15) is 4.79 Å². The maximum atomic E-state index is 12.4. The summed E-state index contributed by atoms with van der Waals surface area (Å²) in [5.74, 6) is -0.0876. The summed E-state index contributed by atoms with van der Waals surface area (Å²) in [4.78, 5) is 16.9. The van der Waals surface area contributed by atoms with Gasteiger partial charge in [0.15, 0.2) is 0 Å². The lowest BCUT2D eigenvalue weighted by atomic mass is 10.1. The smallest absolute Gasteiger partial charge is 0.230 e. The standard InChI is InChI=1S/C23H17ClN2OS/c24-19-8-4-7-18(13-19)23-26-21(15-28-23)14-22(27)25-20-11-9-17(10-12-20)16-5-2-1-3-6-16/h1-13,15H,14H2,(H,25,27). The summed E-state index contributed by atoms with van der Waals surface area (Å²) < 4.78 is 0. The second kappa shape index (κ2) is 8.38. The van der Waals surface area contributed by atoms with Crippen molar-refractivity contribution in [2.24, 2.45) is 0 Å². The van der Waals surface area contributed by atoms with E-state index in [4.69, 9.17) is 11.6 Å². The third-order valence-electron chi connectivity index (χ3n) is 4.24. The van der Waals surface area contributed by atoms with Gasteiger partial charge in [0.05, 0.1) is 12.1 Å². The quantitative estimate of drug-likeness (QED) is 0.423. The van der Waals surface area contributed by atoms with E-state index in [-0.39, 0.29) is 12.3 Å². The largest absolute Gasteiger partial charge is 0.326 e. The minimum Gasteiger partial charge on any atom is -0.326 e. The summed E-state index contributed by atoms with van der Waals surface area (Å²) in [6.45, 7) is 0. The minimum atomic E-state index is -0.0876. The number of aromatic nitrogens is 1. The fourth-order valence-corrected chi connectivity index (χ4v) is 3.90. The maximum absolute atomic E-state index is 12.4. The molecule has 0 unspecified atom stereocenters. The predicted molar refractivity (Wildman–Crippen MR) is 117 cm³/mol. The van der Waals surface area contributed by atoms with Crippen molar-refractivity contribution >= 4 is 34.5 Å². The number of nitrogens with one attached hydrogen (secondary N) is 1. The number of halogens is 1. The molecule has 0 aliphatic rings. The molecule has 28 heavy (non-hydrogen) atoms. The van der Waals surface area contributed by atoms with Crippen LogP contribution in [0, 0.1) is 0 Å². The highest BCUT2D eigenvalue weighted by Crippen LogP contribution is 2.26. The normalized spacial score (nSPS) is 10.6. The van der Waals surface area contributed by atoms with E-state index in [0.29, 0.717) is 5.02 Å². The van der Waals surface area contributed by atoms with Gasteiger partial charge in [-0.15, -0.1) is 11.3 Å². The van der Waals surface area contributed by atoms with Crippen LogP contribution in [0.4, 0.5) is 5.69 Å². The second-order valence-electron chi connectivity index (χ2n) is 6.32. The number of rotatable bonds is 5. The Morgan fingerprint density at radius 2 is 1.61 bits per heavy atom. The molecule has 0 aliphatic carbocycles. The number of hydrogen-bond donors (Lipinski definition) is 1. The van der Waals surface area contributed by atoms with Gasteiger partial charge in [-0.2, -0.15) is 0 Å². The molecule has 4 aromatic rings. The third kappa shape index (κ3) is 4.47. The van der Waals surface area contributed by atoms with E-state index in [1.54, 1.807) is 0 Å². The number of carbonyl (C=O) groups excluding carboxylic acids is 1. The molecule has 1 N–H and O–H groups in total. The lowest BCUT2D eigenvalue weighted by Crippen LogP contribution is -2.14. The first kappa shape index (κ1) is 18.4. The molecular weight excluding hydrogens is 388 g/mol. The molecule has 0 fully saturated rings. The van der Waals surface area contributed by atoms with Crippen molar-refractivity contribution < 1.29 is 4.79 Å². The molecule has 1 amide bonds. The number of nitrogens with zero attached hydrogens (tertiary/aromatic N) is 1. The topological polar surface area (TPSA) is 42.0 Å². The van der Waals surface area contributed by atoms with Crippen LogP contribution in [-0.2, 0) is 11.2 Å². The van der Waals surface area contributed by atoms with E-state index >= 15 is 0 Å². The molecular formula is C23H17ClN2OS. The Kier molecular flexibility index (Phi) is 5.51. The van der Waals surface area contributed by atoms with Crippen molar-refractivity contribution in [2.45, 2.75) is 6.42 Å². The van der Waals surface area contributed by atoms with Crippen molar-refractivity contribution in [3.05, 3.63) is 95.0 Å². The van der Waals surface area contributed by atoms with Gasteiger partial charge in [-0.05, 0) is 35.4 Å². The Morgan fingerprint density at radius 1 is 0.893 bits per heavy atom. The molecule has 3 aromatic carbocycles. The van der Waals surface area contributed by atoms with Crippen molar-refractivity contribution in [3.8, 4) is 21.7 Å². The summed E-state index contributed by atoms with van der Waals surface area (Å²) in [6.07, 6.45) is 0.234. The molecule has 4 rings (SSSR count). The Hall–Kier alpha value is -2.95. The molecule has 138 valence electrons. The highest BCUT2D eigenvalue weighted by atomic mass is 35.5. The Labute approximate surface area is 172 Å². The molecule has 1 heterocycles. The van der Waals surface area contributed by atoms with Gasteiger partial charge >= 0.3 is 0 Å². The average molecular weight is 405 g/mol. The highest BCUT2D eigenvalue weighted by molar-refractivity contribution is 7.13. The summed E-state index contributed by atoms with van der Waals surface area (Å²) in [5.41, 5.74) is 4.75. The molecule has 0 saturated heterocycles. The fourth-order valence-electron chi connectivity index (χ4n) is 2.89. The summed E-state index contributed by atoms with van der Waals surface area (Å²) >= 11 is 7.55. The first-order valence-corrected chi connectivity index (χ1v) is 10.1. The van der Waals surface area contributed by atoms with Gasteiger partial charge < -0.3 is 5.32 Å². The molecule has 0 aliphatic heterocycles. The molecule has 0 atom stereocenters. The van der Waals surface area contributed by atoms with Crippen LogP contribution < -0.4 is 5.32 Å². The predicted octanol–water partition coefficient (Wildman–Crippen LogP) is 6.31. The number of anilines is 1. The van der Waals surface area contributed by atoms with E-state index in [1.165, 1.54) is 11.3 Å². The highest BCUT2D eigenvalue weighted by Gasteiger charge is 2.10. The SMILES string of the molecule is O=C(Cc1csc(-c2cccc(Cl)c2)n1)Nc1ccc(-c2ccccc2)cc1. The zero-order valence-corrected chi connectivity index (χ0v) is 16.5. The van der Waals surface area contributed by atoms with Gasteiger partial charge in [0, 0.05) is 21.7 Å². The molecule has 3 nitrogen and oxygen atoms in total. The van der Waals surface area contributed by atoms with Gasteiger partial charge in [0.25, 0.3) is 0 Å². The van der Waals surface area contributed by atoms with Gasteiger partial charge in [-0.25, -0.2) is 4.98 Å². The zero-order valence-electron chi connectivity index (χ0n) is 14.9. The van der Waals surface area contributed by atoms with Crippen LogP contribution >= 0.6 is 22.9 Å². The van der Waals surface area contributed by atoms with Crippen molar-refractivity contribution in [3.63, 3.8) is 0 Å². The first-order valence-electron chi connectivity index (χ1n) is 8.83. The van der Waals surface area contributed by atoms with Gasteiger partial charge in [0.1, 0.15) is 5.01 Å². The molecule has 5 heteroatoms. The molecule has 0 saturated carbocycles. The number of amides is 1. The zero-order chi connectivity index (χ0) is 19.3. The van der Waals surface area contributed by atoms with E-state index < -0.39 is 0 Å². The Bertz CT molecular complexity index is 1090. The number of thiazole rings is 1. The van der Waals surface area contributed by atoms with Crippen LogP contribution in [0.25, 0.3) is 21.7 Å². The summed E-state index contributed by atoms with van der Waals surface area (Å²) in [7, 11) is 0. The summed E-state index contributed by atoms with van der Waals surface area (Å²) in [6, 6.07) is 25.5. The monoisotopic (exact) mass is 404 g/mol. The van der Waals surface area contributed by atoms with Crippen LogP contribution in [0.1, 0.15) is 5.69 Å². The maximum Gasteiger partial charge on any atom is 0.230 e. The van der Waals surface area contributed by atoms with Crippen molar-refractivity contribution in [1.82, 2.24) is 4.98 Å². The first-order chi connectivity index (χ1) is 13.7. The van der Waals surface area contributed by atoms with E-state index in [1.807, 2.05) is 72.1 Å². The van der Waals surface area contributed by atoms with E-state index in [2.05, 4.69) is 22.4 Å². The Morgan fingerprint density at radius 3 is 2.36 bits per heavy atom. The molecule has 0 bridgehead atoms. The Balaban J connectivity index is 1.39. The number of hydrogen-bond acceptors (Lipinski definition) is 3. The van der Waals surface area contributed by atoms with Crippen LogP contribution in [0.5, 0.6) is 0 Å². The third-order valence-corrected chi connectivity index (χ3v) is 5.42. The lowest BCUT2D eigenvalue weighted by Gasteiger charge is -2.06. The van der Waals surface area contributed by atoms with Crippen molar-refractivity contribution in [2.75, 3.05) is 5.32 Å². The summed E-state index contributed by atoms with van der Waals surface area (Å²) in [5, 5.41) is 6.37. The van der Waals surface area contributed by atoms with Crippen LogP contribution in [0.15, 0.2) is 84.2 Å². The van der Waals surface area contributed by atoms with Gasteiger partial charge in [-0.3, -0.25) is 4.79 Å². The van der Waals surface area contributed by atoms with Crippen LogP contribution in [0.3, 0.4) is 0 Å². The van der Waals surface area contributed by atoms with Gasteiger partial charge in [0.2, 0.25) is 5.91 Å². The minimum absolute atomic E-state index is 0.0876. The van der Waals surface area contributed by atoms with Crippen molar-refractivity contribution in [1.29, 1.82) is 0 Å². The van der Waals surface area contributed by atoms with Crippen LogP contribution in [-0.4, -0.2) is 10.9 Å². The molecule has 1 aromatic heterocycles. The average Bonchev–Trinajstić information content (AvgIpc) is 3.17. The fraction of sp³-hybridized carbons (Fsp3) is 0.0435. The second-order valence-corrected chi connectivity index (χ2v) is 7.62. The van der Waals surface area contributed by atoms with Crippen LogP contribution in [0.2, 0.25) is 5.02 Å². The number of carbonyl (C=O) groups is 1. The number of benzene rings is 3. The lowest BCUT2D eigenvalue weighted by molar-refractivity contribution is -0.115. The van der Waals surface area contributed by atoms with E-state index in [0.717, 1.165) is 33.1 Å². The molecule has 0 radical (unpaired) electrons. The molecule has 0 spiro atoms.